The zero-order valence-electron chi connectivity index (χ0n) is 7.95. The molecule has 0 aliphatic carbocycles. The lowest BCUT2D eigenvalue weighted by atomic mass is 10.0. The van der Waals surface area contributed by atoms with Crippen LogP contribution in [0, 0.1) is 0 Å². The van der Waals surface area contributed by atoms with Gasteiger partial charge in [-0.2, -0.15) is 0 Å². The van der Waals surface area contributed by atoms with Gasteiger partial charge in [0.05, 0.1) is 6.61 Å². The number of aldehydes is 1. The van der Waals surface area contributed by atoms with Gasteiger partial charge in [-0.05, 0) is 0 Å². The number of aliphatic hydroxyl groups excluding tert-OH is 4. The normalized spacial score (nSPS) is 19.9. The first kappa shape index (κ1) is 15.6. The largest absolute Gasteiger partial charge is 0.470 e. The Morgan fingerprint density at radius 3 is 2.00 bits per heavy atom. The average Bonchev–Trinajstić information content (AvgIpc) is 2.21. The van der Waals surface area contributed by atoms with E-state index in [1.54, 1.807) is 0 Å². The molecule has 0 aliphatic heterocycles. The van der Waals surface area contributed by atoms with E-state index in [-0.39, 0.29) is 6.29 Å². The molecule has 0 fully saturated rings. The fraction of sp³-hybridized carbons (Fsp3) is 0.833. The summed E-state index contributed by atoms with van der Waals surface area (Å²) in [5, 5.41) is 35.8. The van der Waals surface area contributed by atoms with E-state index < -0.39 is 38.8 Å². The molecule has 0 aliphatic rings. The van der Waals surface area contributed by atoms with Crippen LogP contribution in [-0.4, -0.2) is 67.5 Å². The topological polar surface area (TPSA) is 165 Å². The highest BCUT2D eigenvalue weighted by molar-refractivity contribution is 7.46. The third kappa shape index (κ3) is 5.10. The molecular formula is C6H13O9P. The molecule has 4 atom stereocenters. The summed E-state index contributed by atoms with van der Waals surface area (Å²) in [4.78, 5) is 26.9. The maximum Gasteiger partial charge on any atom is 0.470 e. The molecule has 16 heavy (non-hydrogen) atoms. The number of phosphoric acid groups is 1. The SMILES string of the molecule is O=CC(O)C(O)C(O)C(CO)OP(=O)(O)O. The van der Waals surface area contributed by atoms with Crippen molar-refractivity contribution in [1.82, 2.24) is 0 Å². The number of rotatable bonds is 7. The zero-order chi connectivity index (χ0) is 12.9. The van der Waals surface area contributed by atoms with Gasteiger partial charge in [-0.1, -0.05) is 0 Å². The fourth-order valence-corrected chi connectivity index (χ4v) is 1.43. The highest BCUT2D eigenvalue weighted by Crippen LogP contribution is 2.38. The number of carbonyl (C=O) groups excluding carboxylic acids is 1. The predicted molar refractivity (Wildman–Crippen MR) is 48.1 cm³/mol. The van der Waals surface area contributed by atoms with Crippen LogP contribution in [0.15, 0.2) is 0 Å². The lowest BCUT2D eigenvalue weighted by molar-refractivity contribution is -0.135. The minimum Gasteiger partial charge on any atom is -0.394 e. The molecule has 0 amide bonds. The second-order valence-electron chi connectivity index (χ2n) is 2.92. The monoisotopic (exact) mass is 260 g/mol. The first-order valence-corrected chi connectivity index (χ1v) is 5.60. The van der Waals surface area contributed by atoms with Gasteiger partial charge in [-0.3, -0.25) is 4.52 Å². The van der Waals surface area contributed by atoms with Gasteiger partial charge in [0.1, 0.15) is 24.4 Å². The number of phosphoric ester groups is 1. The summed E-state index contributed by atoms with van der Waals surface area (Å²) in [5.41, 5.74) is 0. The average molecular weight is 260 g/mol. The van der Waals surface area contributed by atoms with E-state index in [9.17, 15) is 14.5 Å². The Balaban J connectivity index is 4.58. The molecule has 0 rings (SSSR count). The smallest absolute Gasteiger partial charge is 0.394 e. The second-order valence-corrected chi connectivity index (χ2v) is 4.12. The van der Waals surface area contributed by atoms with Gasteiger partial charge in [0.15, 0.2) is 6.29 Å². The highest BCUT2D eigenvalue weighted by Gasteiger charge is 2.35. The molecule has 0 heterocycles. The third-order valence-corrected chi connectivity index (χ3v) is 2.22. The number of hydrogen-bond donors (Lipinski definition) is 6. The summed E-state index contributed by atoms with van der Waals surface area (Å²) < 4.78 is 14.3. The Morgan fingerprint density at radius 2 is 1.69 bits per heavy atom. The third-order valence-electron chi connectivity index (χ3n) is 1.67. The summed E-state index contributed by atoms with van der Waals surface area (Å²) in [6.07, 6.45) is -7.92. The van der Waals surface area contributed by atoms with E-state index >= 15 is 0 Å². The Hall–Kier alpha value is -0.380. The van der Waals surface area contributed by atoms with Crippen molar-refractivity contribution in [2.45, 2.75) is 24.4 Å². The molecule has 10 heteroatoms. The zero-order valence-corrected chi connectivity index (χ0v) is 8.84. The maximum absolute atomic E-state index is 10.4. The van der Waals surface area contributed by atoms with E-state index in [2.05, 4.69) is 4.52 Å². The van der Waals surface area contributed by atoms with Crippen LogP contribution < -0.4 is 0 Å². The predicted octanol–water partition coefficient (Wildman–Crippen LogP) is -3.26. The van der Waals surface area contributed by atoms with Gasteiger partial charge in [0, 0.05) is 0 Å². The van der Waals surface area contributed by atoms with Crippen LogP contribution >= 0.6 is 7.82 Å². The quantitative estimate of drug-likeness (QED) is 0.203. The van der Waals surface area contributed by atoms with Crippen molar-refractivity contribution < 1.29 is 44.1 Å². The molecule has 0 aromatic rings. The van der Waals surface area contributed by atoms with Crippen molar-refractivity contribution in [3.63, 3.8) is 0 Å². The molecule has 9 nitrogen and oxygen atoms in total. The van der Waals surface area contributed by atoms with Crippen molar-refractivity contribution in [3.05, 3.63) is 0 Å². The number of aliphatic hydroxyl groups is 4. The van der Waals surface area contributed by atoms with Crippen molar-refractivity contribution in [2.75, 3.05) is 6.61 Å². The molecule has 0 aromatic carbocycles. The molecule has 0 saturated carbocycles. The molecular weight excluding hydrogens is 247 g/mol. The van der Waals surface area contributed by atoms with Crippen LogP contribution in [0.25, 0.3) is 0 Å². The molecule has 0 radical (unpaired) electrons. The molecule has 0 aromatic heterocycles. The van der Waals surface area contributed by atoms with Crippen molar-refractivity contribution in [2.24, 2.45) is 0 Å². The van der Waals surface area contributed by atoms with Crippen LogP contribution in [0.3, 0.4) is 0 Å². The van der Waals surface area contributed by atoms with Gasteiger partial charge >= 0.3 is 7.82 Å². The summed E-state index contributed by atoms with van der Waals surface area (Å²) in [5.74, 6) is 0. The lowest BCUT2D eigenvalue weighted by Gasteiger charge is -2.26. The Bertz CT molecular complexity index is 263. The van der Waals surface area contributed by atoms with Crippen LogP contribution in [0.2, 0.25) is 0 Å². The van der Waals surface area contributed by atoms with Crippen LogP contribution in [0.4, 0.5) is 0 Å². The minimum atomic E-state index is -4.97. The summed E-state index contributed by atoms with van der Waals surface area (Å²) in [6.45, 7) is -1.02. The van der Waals surface area contributed by atoms with E-state index in [0.29, 0.717) is 0 Å². The van der Waals surface area contributed by atoms with E-state index in [4.69, 9.17) is 25.1 Å². The number of carbonyl (C=O) groups is 1. The second kappa shape index (κ2) is 6.38. The Labute approximate surface area is 90.2 Å². The van der Waals surface area contributed by atoms with Gasteiger partial charge in [0.25, 0.3) is 0 Å². The lowest BCUT2D eigenvalue weighted by Crippen LogP contribution is -2.47. The summed E-state index contributed by atoms with van der Waals surface area (Å²) in [7, 11) is -4.97. The molecule has 0 bridgehead atoms. The van der Waals surface area contributed by atoms with Crippen molar-refractivity contribution in [3.8, 4) is 0 Å². The van der Waals surface area contributed by atoms with Crippen LogP contribution in [0.1, 0.15) is 0 Å². The van der Waals surface area contributed by atoms with E-state index in [1.165, 1.54) is 0 Å². The first-order chi connectivity index (χ1) is 7.22. The van der Waals surface area contributed by atoms with E-state index in [0.717, 1.165) is 0 Å². The van der Waals surface area contributed by atoms with Crippen LogP contribution in [-0.2, 0) is 13.9 Å². The van der Waals surface area contributed by atoms with Gasteiger partial charge in [-0.15, -0.1) is 0 Å². The maximum atomic E-state index is 10.4. The first-order valence-electron chi connectivity index (χ1n) is 4.07. The molecule has 0 saturated heterocycles. The Morgan fingerprint density at radius 1 is 1.19 bits per heavy atom. The summed E-state index contributed by atoms with van der Waals surface area (Å²) >= 11 is 0. The summed E-state index contributed by atoms with van der Waals surface area (Å²) in [6, 6.07) is 0. The fourth-order valence-electron chi connectivity index (χ4n) is 0.882. The van der Waals surface area contributed by atoms with Crippen molar-refractivity contribution >= 4 is 14.1 Å². The Kier molecular flexibility index (Phi) is 6.23. The number of hydrogen-bond acceptors (Lipinski definition) is 7. The van der Waals surface area contributed by atoms with Crippen LogP contribution in [0.5, 0.6) is 0 Å². The molecule has 0 spiro atoms. The molecule has 6 N–H and O–H groups in total. The standard InChI is InChI=1S/C6H13O9P/c7-1-3(9)5(10)6(11)4(2-8)15-16(12,13)14/h1,3-6,8-11H,2H2,(H2,12,13,14). The molecule has 96 valence electrons. The van der Waals surface area contributed by atoms with Gasteiger partial charge in [0.2, 0.25) is 0 Å². The highest BCUT2D eigenvalue weighted by atomic mass is 31.2. The van der Waals surface area contributed by atoms with Gasteiger partial charge in [-0.25, -0.2) is 4.57 Å². The van der Waals surface area contributed by atoms with Crippen molar-refractivity contribution in [1.29, 1.82) is 0 Å². The van der Waals surface area contributed by atoms with E-state index in [1.807, 2.05) is 0 Å². The minimum absolute atomic E-state index is 0.0835. The van der Waals surface area contributed by atoms with Gasteiger partial charge < -0.3 is 35.0 Å². The molecule has 4 unspecified atom stereocenters.